The first-order valence-electron chi connectivity index (χ1n) is 6.08. The maximum atomic E-state index is 13.7. The average Bonchev–Trinajstić information content (AvgIpc) is 2.41. The summed E-state index contributed by atoms with van der Waals surface area (Å²) in [5, 5.41) is 9.15. The Labute approximate surface area is 110 Å². The third kappa shape index (κ3) is 3.02. The summed E-state index contributed by atoms with van der Waals surface area (Å²) in [7, 11) is 0. The van der Waals surface area contributed by atoms with Gasteiger partial charge in [0.1, 0.15) is 5.82 Å². The first-order chi connectivity index (χ1) is 9.11. The number of rotatable bonds is 4. The van der Waals surface area contributed by atoms with Gasteiger partial charge in [-0.05, 0) is 36.8 Å². The zero-order valence-corrected chi connectivity index (χ0v) is 10.6. The molecule has 0 radical (unpaired) electrons. The molecule has 0 aliphatic heterocycles. The molecule has 0 saturated heterocycles. The molecule has 0 aliphatic carbocycles. The summed E-state index contributed by atoms with van der Waals surface area (Å²) in [4.78, 5) is 1.81. The fourth-order valence-corrected chi connectivity index (χ4v) is 1.94. The van der Waals surface area contributed by atoms with E-state index in [0.29, 0.717) is 24.3 Å². The van der Waals surface area contributed by atoms with Crippen LogP contribution in [0.2, 0.25) is 0 Å². The highest BCUT2D eigenvalue weighted by Crippen LogP contribution is 2.22. The molecule has 4 heteroatoms. The van der Waals surface area contributed by atoms with Crippen LogP contribution in [-0.4, -0.2) is 11.7 Å². The van der Waals surface area contributed by atoms with Gasteiger partial charge < -0.3 is 10.0 Å². The lowest BCUT2D eigenvalue weighted by Crippen LogP contribution is -2.23. The predicted octanol–water partition coefficient (Wildman–Crippen LogP) is 3.70. The van der Waals surface area contributed by atoms with Crippen molar-refractivity contribution in [3.05, 3.63) is 59.7 Å². The van der Waals surface area contributed by atoms with E-state index >= 15 is 0 Å². The minimum Gasteiger partial charge on any atom is -0.505 e. The lowest BCUT2D eigenvalue weighted by molar-refractivity contribution is 0.431. The van der Waals surface area contributed by atoms with Crippen LogP contribution in [-0.2, 0) is 6.54 Å². The van der Waals surface area contributed by atoms with E-state index in [4.69, 9.17) is 5.11 Å². The molecule has 0 amide bonds. The van der Waals surface area contributed by atoms with Gasteiger partial charge in [0.2, 0.25) is 0 Å². The molecule has 0 aromatic heterocycles. The first-order valence-corrected chi connectivity index (χ1v) is 6.08. The van der Waals surface area contributed by atoms with Crippen molar-refractivity contribution >= 4 is 5.69 Å². The molecule has 100 valence electrons. The van der Waals surface area contributed by atoms with E-state index in [9.17, 15) is 8.78 Å². The molecule has 2 rings (SSSR count). The molecule has 0 unspecified atom stereocenters. The largest absolute Gasteiger partial charge is 0.505 e. The highest BCUT2D eigenvalue weighted by atomic mass is 19.1. The number of nitrogens with zero attached hydrogens (tertiary/aromatic N) is 1. The van der Waals surface area contributed by atoms with Gasteiger partial charge in [-0.1, -0.05) is 18.2 Å². The smallest absolute Gasteiger partial charge is 0.165 e. The SMILES string of the molecule is CCN(Cc1ccc(O)c(F)c1)c1ccccc1F. The molecule has 0 aliphatic rings. The molecule has 0 atom stereocenters. The number of phenolic OH excluding ortho intramolecular Hbond substituents is 1. The molecule has 0 heterocycles. The van der Waals surface area contributed by atoms with Crippen molar-refractivity contribution in [1.82, 2.24) is 0 Å². The maximum absolute atomic E-state index is 13.7. The Balaban J connectivity index is 2.24. The second kappa shape index (κ2) is 5.69. The van der Waals surface area contributed by atoms with Crippen LogP contribution < -0.4 is 4.90 Å². The zero-order valence-electron chi connectivity index (χ0n) is 10.6. The van der Waals surface area contributed by atoms with Gasteiger partial charge in [-0.25, -0.2) is 8.78 Å². The van der Waals surface area contributed by atoms with E-state index in [0.717, 1.165) is 0 Å². The molecular formula is C15H15F2NO. The van der Waals surface area contributed by atoms with Gasteiger partial charge in [-0.3, -0.25) is 0 Å². The average molecular weight is 263 g/mol. The van der Waals surface area contributed by atoms with Gasteiger partial charge >= 0.3 is 0 Å². The number of halogens is 2. The Morgan fingerprint density at radius 3 is 2.42 bits per heavy atom. The topological polar surface area (TPSA) is 23.5 Å². The van der Waals surface area contributed by atoms with Gasteiger partial charge in [0, 0.05) is 13.1 Å². The van der Waals surface area contributed by atoms with Crippen LogP contribution >= 0.6 is 0 Å². The predicted molar refractivity (Wildman–Crippen MR) is 71.2 cm³/mol. The highest BCUT2D eigenvalue weighted by Gasteiger charge is 2.11. The lowest BCUT2D eigenvalue weighted by Gasteiger charge is -2.23. The summed E-state index contributed by atoms with van der Waals surface area (Å²) in [6, 6.07) is 10.7. The second-order valence-corrected chi connectivity index (χ2v) is 4.25. The second-order valence-electron chi connectivity index (χ2n) is 4.25. The number of hydrogen-bond donors (Lipinski definition) is 1. The van der Waals surface area contributed by atoms with Crippen LogP contribution in [0.1, 0.15) is 12.5 Å². The van der Waals surface area contributed by atoms with Crippen molar-refractivity contribution in [2.24, 2.45) is 0 Å². The van der Waals surface area contributed by atoms with Crippen molar-refractivity contribution in [2.45, 2.75) is 13.5 Å². The third-order valence-corrected chi connectivity index (χ3v) is 2.96. The summed E-state index contributed by atoms with van der Waals surface area (Å²) in [6.07, 6.45) is 0. The van der Waals surface area contributed by atoms with Gasteiger partial charge in [-0.15, -0.1) is 0 Å². The molecule has 2 aromatic carbocycles. The summed E-state index contributed by atoms with van der Waals surface area (Å²) >= 11 is 0. The van der Waals surface area contributed by atoms with Gasteiger partial charge in [0.05, 0.1) is 5.69 Å². The van der Waals surface area contributed by atoms with Crippen LogP contribution in [0.3, 0.4) is 0 Å². The molecule has 2 aromatic rings. The lowest BCUT2D eigenvalue weighted by atomic mass is 10.1. The van der Waals surface area contributed by atoms with Crippen LogP contribution in [0.25, 0.3) is 0 Å². The van der Waals surface area contributed by atoms with E-state index in [1.807, 2.05) is 6.92 Å². The molecule has 1 N–H and O–H groups in total. The molecule has 0 fully saturated rings. The van der Waals surface area contributed by atoms with Crippen molar-refractivity contribution in [1.29, 1.82) is 0 Å². The molecule has 19 heavy (non-hydrogen) atoms. The van der Waals surface area contributed by atoms with E-state index in [1.165, 1.54) is 18.2 Å². The summed E-state index contributed by atoms with van der Waals surface area (Å²) in [6.45, 7) is 2.89. The molecular weight excluding hydrogens is 248 g/mol. The Morgan fingerprint density at radius 2 is 1.79 bits per heavy atom. The minimum atomic E-state index is -0.665. The Hall–Kier alpha value is -2.10. The fourth-order valence-electron chi connectivity index (χ4n) is 1.94. The molecule has 0 spiro atoms. The van der Waals surface area contributed by atoms with E-state index in [2.05, 4.69) is 0 Å². The Kier molecular flexibility index (Phi) is 4.00. The van der Waals surface area contributed by atoms with Crippen molar-refractivity contribution in [2.75, 3.05) is 11.4 Å². The molecule has 2 nitrogen and oxygen atoms in total. The monoisotopic (exact) mass is 263 g/mol. The maximum Gasteiger partial charge on any atom is 0.165 e. The summed E-state index contributed by atoms with van der Waals surface area (Å²) < 4.78 is 27.0. The van der Waals surface area contributed by atoms with Crippen molar-refractivity contribution < 1.29 is 13.9 Å². The summed E-state index contributed by atoms with van der Waals surface area (Å²) in [5.41, 5.74) is 1.17. The summed E-state index contributed by atoms with van der Waals surface area (Å²) in [5.74, 6) is -1.34. The number of aromatic hydroxyl groups is 1. The Bertz CT molecular complexity index is 572. The first kappa shape index (κ1) is 13.3. The number of para-hydroxylation sites is 1. The van der Waals surface area contributed by atoms with Gasteiger partial charge in [0.15, 0.2) is 11.6 Å². The highest BCUT2D eigenvalue weighted by molar-refractivity contribution is 5.48. The molecule has 0 saturated carbocycles. The van der Waals surface area contributed by atoms with E-state index < -0.39 is 5.82 Å². The van der Waals surface area contributed by atoms with Crippen LogP contribution in [0.5, 0.6) is 5.75 Å². The normalized spacial score (nSPS) is 10.5. The van der Waals surface area contributed by atoms with Gasteiger partial charge in [0.25, 0.3) is 0 Å². The van der Waals surface area contributed by atoms with Crippen molar-refractivity contribution in [3.8, 4) is 5.75 Å². The fraction of sp³-hybridized carbons (Fsp3) is 0.200. The van der Waals surface area contributed by atoms with E-state index in [-0.39, 0.29) is 11.6 Å². The van der Waals surface area contributed by atoms with Crippen molar-refractivity contribution in [3.63, 3.8) is 0 Å². The standard InChI is InChI=1S/C15H15F2NO/c1-2-18(14-6-4-3-5-12(14)16)10-11-7-8-15(19)13(17)9-11/h3-9,19H,2,10H2,1H3. The number of hydrogen-bond acceptors (Lipinski definition) is 2. The molecule has 0 bridgehead atoms. The van der Waals surface area contributed by atoms with Crippen LogP contribution in [0.4, 0.5) is 14.5 Å². The quantitative estimate of drug-likeness (QED) is 0.909. The van der Waals surface area contributed by atoms with Crippen LogP contribution in [0, 0.1) is 11.6 Å². The number of phenols is 1. The van der Waals surface area contributed by atoms with E-state index in [1.54, 1.807) is 29.2 Å². The minimum absolute atomic E-state index is 0.302. The number of benzene rings is 2. The Morgan fingerprint density at radius 1 is 1.05 bits per heavy atom. The number of anilines is 1. The van der Waals surface area contributed by atoms with Crippen LogP contribution in [0.15, 0.2) is 42.5 Å². The third-order valence-electron chi connectivity index (χ3n) is 2.96. The van der Waals surface area contributed by atoms with Gasteiger partial charge in [-0.2, -0.15) is 0 Å². The zero-order chi connectivity index (χ0) is 13.8.